The molecule has 41 heavy (non-hydrogen) atoms. The number of phenolic OH excluding ortho intramolecular Hbond substituents is 1. The van der Waals surface area contributed by atoms with Gasteiger partial charge in [0.15, 0.2) is 0 Å². The molecule has 1 amide bonds. The maximum atomic E-state index is 14.4. The van der Waals surface area contributed by atoms with Gasteiger partial charge in [-0.05, 0) is 70.4 Å². The summed E-state index contributed by atoms with van der Waals surface area (Å²) in [4.78, 5) is 20.0. The molecule has 1 aromatic heterocycles. The molecule has 6 rings (SSSR count). The standard InChI is InChI=1S/C34H34BrN3O2S/c1-23(2)36-15-17-37(18-16-36)34(40)33-28-19-32(39)29(35)20-30(28)38(31(33)22-41-26-12-4-3-5-13-26)21-25-11-8-10-24-9-6-7-14-27(24)25/h3-14,19-20,23,39H,15-18,21-22H2,1-2H3. The minimum absolute atomic E-state index is 0.0421. The Morgan fingerprint density at radius 1 is 0.902 bits per heavy atom. The number of nitrogens with zero attached hydrogens (tertiary/aromatic N) is 3. The quantitative estimate of drug-likeness (QED) is 0.187. The number of carbonyl (C=O) groups is 1. The largest absolute Gasteiger partial charge is 0.507 e. The average molecular weight is 629 g/mol. The lowest BCUT2D eigenvalue weighted by Gasteiger charge is -2.37. The molecular weight excluding hydrogens is 594 g/mol. The molecule has 5 nitrogen and oxygen atoms in total. The van der Waals surface area contributed by atoms with Crippen molar-refractivity contribution >= 4 is 55.3 Å². The number of rotatable bonds is 7. The Hall–Kier alpha value is -3.26. The first-order valence-corrected chi connectivity index (χ1v) is 15.9. The number of carbonyl (C=O) groups excluding carboxylic acids is 1. The predicted molar refractivity (Wildman–Crippen MR) is 173 cm³/mol. The number of benzene rings is 4. The van der Waals surface area contributed by atoms with E-state index in [1.165, 1.54) is 16.3 Å². The van der Waals surface area contributed by atoms with Crippen LogP contribution in [0, 0.1) is 0 Å². The third-order valence-corrected chi connectivity index (χ3v) is 9.77. The molecule has 210 valence electrons. The summed E-state index contributed by atoms with van der Waals surface area (Å²) in [5.74, 6) is 0.815. The van der Waals surface area contributed by atoms with Crippen molar-refractivity contribution in [3.05, 3.63) is 106 Å². The molecule has 4 aromatic carbocycles. The molecule has 1 aliphatic heterocycles. The minimum Gasteiger partial charge on any atom is -0.507 e. The van der Waals surface area contributed by atoms with Crippen LogP contribution in [0.3, 0.4) is 0 Å². The summed E-state index contributed by atoms with van der Waals surface area (Å²) in [5, 5.41) is 14.0. The van der Waals surface area contributed by atoms with E-state index in [0.29, 0.717) is 41.5 Å². The van der Waals surface area contributed by atoms with E-state index in [2.05, 4.69) is 93.8 Å². The van der Waals surface area contributed by atoms with Crippen LogP contribution in [-0.2, 0) is 12.3 Å². The number of fused-ring (bicyclic) bond motifs is 2. The highest BCUT2D eigenvalue weighted by molar-refractivity contribution is 9.10. The molecule has 1 aliphatic rings. The van der Waals surface area contributed by atoms with Crippen molar-refractivity contribution in [1.29, 1.82) is 0 Å². The molecule has 1 saturated heterocycles. The van der Waals surface area contributed by atoms with Crippen LogP contribution >= 0.6 is 27.7 Å². The maximum absolute atomic E-state index is 14.4. The molecule has 0 atom stereocenters. The number of amides is 1. The highest BCUT2D eigenvalue weighted by atomic mass is 79.9. The summed E-state index contributed by atoms with van der Waals surface area (Å²) in [6.07, 6.45) is 0. The van der Waals surface area contributed by atoms with E-state index in [-0.39, 0.29) is 11.7 Å². The first-order valence-electron chi connectivity index (χ1n) is 14.1. The smallest absolute Gasteiger partial charge is 0.256 e. The zero-order chi connectivity index (χ0) is 28.5. The molecule has 0 bridgehead atoms. The van der Waals surface area contributed by atoms with Gasteiger partial charge in [0.1, 0.15) is 5.75 Å². The summed E-state index contributed by atoms with van der Waals surface area (Å²) in [7, 11) is 0. The van der Waals surface area contributed by atoms with E-state index >= 15 is 0 Å². The number of hydrogen-bond donors (Lipinski definition) is 1. The second-order valence-electron chi connectivity index (χ2n) is 10.9. The van der Waals surface area contributed by atoms with Gasteiger partial charge in [0.05, 0.1) is 15.6 Å². The van der Waals surface area contributed by atoms with Crippen LogP contribution in [0.2, 0.25) is 0 Å². The van der Waals surface area contributed by atoms with Crippen molar-refractivity contribution in [1.82, 2.24) is 14.4 Å². The van der Waals surface area contributed by atoms with Crippen molar-refractivity contribution in [3.63, 3.8) is 0 Å². The molecule has 0 unspecified atom stereocenters. The lowest BCUT2D eigenvalue weighted by Crippen LogP contribution is -2.50. The molecule has 0 spiro atoms. The van der Waals surface area contributed by atoms with Gasteiger partial charge in [-0.3, -0.25) is 9.69 Å². The van der Waals surface area contributed by atoms with E-state index < -0.39 is 0 Å². The summed E-state index contributed by atoms with van der Waals surface area (Å²) >= 11 is 5.28. The zero-order valence-corrected chi connectivity index (χ0v) is 25.8. The SMILES string of the molecule is CC(C)N1CCN(C(=O)c2c(CSc3ccccc3)n(Cc3cccc4ccccc34)c3cc(Br)c(O)cc23)CC1. The first kappa shape index (κ1) is 27.9. The molecular formula is C34H34BrN3O2S. The van der Waals surface area contributed by atoms with Crippen molar-refractivity contribution < 1.29 is 9.90 Å². The summed E-state index contributed by atoms with van der Waals surface area (Å²) < 4.78 is 2.91. The summed E-state index contributed by atoms with van der Waals surface area (Å²) in [6.45, 7) is 8.15. The van der Waals surface area contributed by atoms with Crippen LogP contribution in [0.4, 0.5) is 0 Å². The molecule has 0 saturated carbocycles. The van der Waals surface area contributed by atoms with Crippen LogP contribution < -0.4 is 0 Å². The van der Waals surface area contributed by atoms with Gasteiger partial charge in [0.2, 0.25) is 0 Å². The molecule has 1 N–H and O–H groups in total. The minimum atomic E-state index is 0.0421. The fourth-order valence-corrected chi connectivity index (χ4v) is 7.13. The number of piperazine rings is 1. The Morgan fingerprint density at radius 2 is 1.61 bits per heavy atom. The van der Waals surface area contributed by atoms with Crippen molar-refractivity contribution in [2.24, 2.45) is 0 Å². The molecule has 0 aliphatic carbocycles. The molecule has 1 fully saturated rings. The van der Waals surface area contributed by atoms with Gasteiger partial charge in [-0.15, -0.1) is 11.8 Å². The Morgan fingerprint density at radius 3 is 2.37 bits per heavy atom. The van der Waals surface area contributed by atoms with Gasteiger partial charge < -0.3 is 14.6 Å². The third kappa shape index (κ3) is 5.63. The van der Waals surface area contributed by atoms with Crippen LogP contribution in [0.1, 0.15) is 35.5 Å². The molecule has 2 heterocycles. The number of aromatic nitrogens is 1. The van der Waals surface area contributed by atoms with Crippen LogP contribution in [-0.4, -0.2) is 57.6 Å². The number of halogens is 1. The summed E-state index contributed by atoms with van der Waals surface area (Å²) in [5.41, 5.74) is 3.81. The van der Waals surface area contributed by atoms with Gasteiger partial charge in [-0.2, -0.15) is 0 Å². The second-order valence-corrected chi connectivity index (χ2v) is 12.8. The van der Waals surface area contributed by atoms with Gasteiger partial charge >= 0.3 is 0 Å². The maximum Gasteiger partial charge on any atom is 0.256 e. The Kier molecular flexibility index (Phi) is 8.11. The van der Waals surface area contributed by atoms with Crippen molar-refractivity contribution in [2.45, 2.75) is 37.1 Å². The molecule has 0 radical (unpaired) electrons. The van der Waals surface area contributed by atoms with E-state index in [9.17, 15) is 9.90 Å². The van der Waals surface area contributed by atoms with Crippen LogP contribution in [0.15, 0.2) is 94.3 Å². The van der Waals surface area contributed by atoms with Crippen molar-refractivity contribution in [3.8, 4) is 5.75 Å². The van der Waals surface area contributed by atoms with Crippen LogP contribution in [0.5, 0.6) is 5.75 Å². The van der Waals surface area contributed by atoms with E-state index in [1.807, 2.05) is 29.2 Å². The van der Waals surface area contributed by atoms with Gasteiger partial charge in [0.25, 0.3) is 5.91 Å². The number of hydrogen-bond acceptors (Lipinski definition) is 4. The average Bonchev–Trinajstić information content (AvgIpc) is 3.28. The highest BCUT2D eigenvalue weighted by Crippen LogP contribution is 2.38. The Bertz CT molecular complexity index is 1700. The number of thioether (sulfide) groups is 1. The van der Waals surface area contributed by atoms with Gasteiger partial charge in [-0.1, -0.05) is 60.7 Å². The fraction of sp³-hybridized carbons (Fsp3) is 0.265. The lowest BCUT2D eigenvalue weighted by molar-refractivity contribution is 0.0596. The molecule has 5 aromatic rings. The van der Waals surface area contributed by atoms with E-state index in [1.54, 1.807) is 17.8 Å². The normalized spacial score (nSPS) is 14.4. The Balaban J connectivity index is 1.50. The van der Waals surface area contributed by atoms with E-state index in [0.717, 1.165) is 34.6 Å². The highest BCUT2D eigenvalue weighted by Gasteiger charge is 2.30. The monoisotopic (exact) mass is 627 g/mol. The first-order chi connectivity index (χ1) is 19.9. The predicted octanol–water partition coefficient (Wildman–Crippen LogP) is 7.77. The summed E-state index contributed by atoms with van der Waals surface area (Å²) in [6, 6.07) is 29.4. The fourth-order valence-electron chi connectivity index (χ4n) is 5.85. The zero-order valence-electron chi connectivity index (χ0n) is 23.4. The number of phenols is 1. The van der Waals surface area contributed by atoms with Gasteiger partial charge in [-0.25, -0.2) is 0 Å². The third-order valence-electron chi connectivity index (χ3n) is 8.11. The van der Waals surface area contributed by atoms with Crippen LogP contribution in [0.25, 0.3) is 21.7 Å². The topological polar surface area (TPSA) is 48.7 Å². The van der Waals surface area contributed by atoms with Gasteiger partial charge in [0, 0.05) is 60.5 Å². The number of aromatic hydroxyl groups is 1. The second kappa shape index (κ2) is 11.9. The van der Waals surface area contributed by atoms with E-state index in [4.69, 9.17) is 0 Å². The lowest BCUT2D eigenvalue weighted by atomic mass is 10.0. The Labute approximate surface area is 253 Å². The molecule has 7 heteroatoms. The van der Waals surface area contributed by atoms with Crippen molar-refractivity contribution in [2.75, 3.05) is 26.2 Å².